The number of hydrazine groups is 1. The number of nitrogens with one attached hydrogen (secondary N) is 1. The highest BCUT2D eigenvalue weighted by Gasteiger charge is 2.35. The van der Waals surface area contributed by atoms with E-state index in [4.69, 9.17) is 9.47 Å². The Bertz CT molecular complexity index is 1030. The number of anilines is 1. The van der Waals surface area contributed by atoms with Crippen molar-refractivity contribution < 1.29 is 23.9 Å². The monoisotopic (exact) mass is 536 g/mol. The maximum Gasteiger partial charge on any atom is 0.338 e. The molecule has 1 heterocycles. The van der Waals surface area contributed by atoms with Gasteiger partial charge in [0.05, 0.1) is 28.9 Å². The number of esters is 1. The second-order valence-corrected chi connectivity index (χ2v) is 7.92. The molecule has 0 aromatic heterocycles. The highest BCUT2D eigenvalue weighted by atomic mass is 79.9. The molecule has 156 valence electrons. The molecule has 7 nitrogen and oxygen atoms in total. The number of amides is 2. The van der Waals surface area contributed by atoms with Crippen LogP contribution in [0.1, 0.15) is 29.8 Å². The minimum Gasteiger partial charge on any atom is -0.492 e. The topological polar surface area (TPSA) is 84.9 Å². The Morgan fingerprint density at radius 1 is 1.10 bits per heavy atom. The van der Waals surface area contributed by atoms with Crippen molar-refractivity contribution in [2.75, 3.05) is 18.2 Å². The fourth-order valence-electron chi connectivity index (χ4n) is 2.84. The number of carbonyl (C=O) groups is 3. The van der Waals surface area contributed by atoms with Crippen molar-refractivity contribution in [2.45, 2.75) is 13.8 Å². The molecule has 1 fully saturated rings. The van der Waals surface area contributed by atoms with E-state index in [1.54, 1.807) is 25.1 Å². The summed E-state index contributed by atoms with van der Waals surface area (Å²) in [4.78, 5) is 37.2. The van der Waals surface area contributed by atoms with Gasteiger partial charge in [-0.25, -0.2) is 9.80 Å². The van der Waals surface area contributed by atoms with Crippen LogP contribution >= 0.6 is 31.9 Å². The molecule has 0 unspecified atom stereocenters. The van der Waals surface area contributed by atoms with Crippen LogP contribution in [-0.4, -0.2) is 31.0 Å². The molecular formula is C21H18Br2N2O5. The molecule has 1 N–H and O–H groups in total. The normalized spacial score (nSPS) is 14.8. The standard InChI is InChI=1S/C21H18Br2N2O5/c1-3-29-18-13(9-14(22)11-17(18)23)10-16-19(26)24-25(20(16)27)15-7-5-12(6-8-15)21(28)30-4-2/h5-11H,3-4H2,1-2H3,(H,24,26)/b16-10-. The van der Waals surface area contributed by atoms with Crippen molar-refractivity contribution in [3.05, 3.63) is 62.0 Å². The lowest BCUT2D eigenvalue weighted by Crippen LogP contribution is -2.35. The van der Waals surface area contributed by atoms with Gasteiger partial charge in [0, 0.05) is 10.0 Å². The summed E-state index contributed by atoms with van der Waals surface area (Å²) in [6.45, 7) is 4.26. The molecule has 2 amide bonds. The van der Waals surface area contributed by atoms with Crippen LogP contribution < -0.4 is 15.2 Å². The Kier molecular flexibility index (Phi) is 6.94. The third-order valence-corrected chi connectivity index (χ3v) is 5.20. The summed E-state index contributed by atoms with van der Waals surface area (Å²) in [5, 5.41) is 1.14. The first-order valence-electron chi connectivity index (χ1n) is 9.11. The lowest BCUT2D eigenvalue weighted by Gasteiger charge is -2.15. The molecule has 9 heteroatoms. The number of ether oxygens (including phenoxy) is 2. The van der Waals surface area contributed by atoms with Crippen LogP contribution in [0.4, 0.5) is 5.69 Å². The molecule has 2 aromatic rings. The molecule has 0 bridgehead atoms. The Balaban J connectivity index is 1.91. The molecule has 3 rings (SSSR count). The maximum absolute atomic E-state index is 12.9. The van der Waals surface area contributed by atoms with Crippen molar-refractivity contribution in [2.24, 2.45) is 0 Å². The molecule has 0 saturated carbocycles. The Hall–Kier alpha value is -2.65. The summed E-state index contributed by atoms with van der Waals surface area (Å²) < 4.78 is 12.1. The zero-order chi connectivity index (χ0) is 21.8. The van der Waals surface area contributed by atoms with Gasteiger partial charge in [-0.3, -0.25) is 15.0 Å². The number of rotatable bonds is 6. The molecule has 0 radical (unpaired) electrons. The lowest BCUT2D eigenvalue weighted by molar-refractivity contribution is -0.117. The largest absolute Gasteiger partial charge is 0.492 e. The molecule has 1 aliphatic rings. The fraction of sp³-hybridized carbons (Fsp3) is 0.190. The Labute approximate surface area is 190 Å². The molecule has 0 spiro atoms. The number of halogens is 2. The third-order valence-electron chi connectivity index (χ3n) is 4.15. The SMILES string of the molecule is CCOC(=O)c1ccc(N2NC(=O)/C(=C/c3cc(Br)cc(Br)c3OCC)C2=O)cc1. The summed E-state index contributed by atoms with van der Waals surface area (Å²) in [6, 6.07) is 9.78. The minimum absolute atomic E-state index is 0.0320. The first-order valence-corrected chi connectivity index (χ1v) is 10.7. The summed E-state index contributed by atoms with van der Waals surface area (Å²) in [5.41, 5.74) is 3.87. The molecule has 30 heavy (non-hydrogen) atoms. The Morgan fingerprint density at radius 2 is 1.80 bits per heavy atom. The summed E-state index contributed by atoms with van der Waals surface area (Å²) in [6.07, 6.45) is 1.49. The van der Waals surface area contributed by atoms with Crippen LogP contribution in [0.2, 0.25) is 0 Å². The van der Waals surface area contributed by atoms with Crippen LogP contribution in [0.3, 0.4) is 0 Å². The number of benzene rings is 2. The van der Waals surface area contributed by atoms with Crippen LogP contribution in [0.25, 0.3) is 6.08 Å². The van der Waals surface area contributed by atoms with Crippen LogP contribution in [0.5, 0.6) is 5.75 Å². The third kappa shape index (κ3) is 4.57. The lowest BCUT2D eigenvalue weighted by atomic mass is 10.1. The van der Waals surface area contributed by atoms with Gasteiger partial charge in [0.2, 0.25) is 0 Å². The maximum atomic E-state index is 12.9. The molecule has 2 aromatic carbocycles. The van der Waals surface area contributed by atoms with Crippen LogP contribution in [-0.2, 0) is 14.3 Å². The van der Waals surface area contributed by atoms with Crippen molar-refractivity contribution in [1.82, 2.24) is 5.43 Å². The second-order valence-electron chi connectivity index (χ2n) is 6.15. The minimum atomic E-state index is -0.534. The van der Waals surface area contributed by atoms with E-state index >= 15 is 0 Å². The van der Waals surface area contributed by atoms with E-state index in [-0.39, 0.29) is 12.2 Å². The molecule has 0 atom stereocenters. The smallest absolute Gasteiger partial charge is 0.338 e. The molecule has 0 aliphatic carbocycles. The number of carbonyl (C=O) groups excluding carboxylic acids is 3. The highest BCUT2D eigenvalue weighted by Crippen LogP contribution is 2.35. The van der Waals surface area contributed by atoms with Gasteiger partial charge in [-0.1, -0.05) is 15.9 Å². The van der Waals surface area contributed by atoms with E-state index in [2.05, 4.69) is 37.3 Å². The predicted molar refractivity (Wildman–Crippen MR) is 119 cm³/mol. The first-order chi connectivity index (χ1) is 14.3. The van der Waals surface area contributed by atoms with Gasteiger partial charge < -0.3 is 9.47 Å². The summed E-state index contributed by atoms with van der Waals surface area (Å²) in [5.74, 6) is -0.966. The van der Waals surface area contributed by atoms with E-state index < -0.39 is 17.8 Å². The predicted octanol–water partition coefficient (Wildman–Crippen LogP) is 4.25. The number of nitrogens with zero attached hydrogens (tertiary/aromatic N) is 1. The van der Waals surface area contributed by atoms with Crippen molar-refractivity contribution >= 4 is 61.4 Å². The molecular weight excluding hydrogens is 520 g/mol. The summed E-state index contributed by atoms with van der Waals surface area (Å²) in [7, 11) is 0. The average Bonchev–Trinajstić information content (AvgIpc) is 2.99. The first kappa shape index (κ1) is 22.0. The quantitative estimate of drug-likeness (QED) is 0.338. The zero-order valence-corrected chi connectivity index (χ0v) is 19.4. The van der Waals surface area contributed by atoms with E-state index in [9.17, 15) is 14.4 Å². The summed E-state index contributed by atoms with van der Waals surface area (Å²) >= 11 is 6.85. The zero-order valence-electron chi connectivity index (χ0n) is 16.2. The van der Waals surface area contributed by atoms with Crippen LogP contribution in [0.15, 0.2) is 50.9 Å². The van der Waals surface area contributed by atoms with Crippen molar-refractivity contribution in [3.63, 3.8) is 0 Å². The van der Waals surface area contributed by atoms with Gasteiger partial charge in [0.15, 0.2) is 0 Å². The van der Waals surface area contributed by atoms with Gasteiger partial charge in [-0.15, -0.1) is 0 Å². The van der Waals surface area contributed by atoms with Gasteiger partial charge in [-0.2, -0.15) is 0 Å². The number of hydrogen-bond acceptors (Lipinski definition) is 5. The van der Waals surface area contributed by atoms with Gasteiger partial charge >= 0.3 is 5.97 Å². The van der Waals surface area contributed by atoms with E-state index in [1.807, 2.05) is 13.0 Å². The highest BCUT2D eigenvalue weighted by molar-refractivity contribution is 9.11. The molecule has 1 saturated heterocycles. The average molecular weight is 538 g/mol. The van der Waals surface area contributed by atoms with Crippen LogP contribution in [0, 0.1) is 0 Å². The van der Waals surface area contributed by atoms with E-state index in [1.165, 1.54) is 18.2 Å². The van der Waals surface area contributed by atoms with E-state index in [0.29, 0.717) is 33.6 Å². The van der Waals surface area contributed by atoms with Gasteiger partial charge in [0.1, 0.15) is 11.3 Å². The van der Waals surface area contributed by atoms with Gasteiger partial charge in [0.25, 0.3) is 11.8 Å². The molecule has 1 aliphatic heterocycles. The Morgan fingerprint density at radius 3 is 2.43 bits per heavy atom. The van der Waals surface area contributed by atoms with Gasteiger partial charge in [-0.05, 0) is 72.3 Å². The second kappa shape index (κ2) is 9.44. The van der Waals surface area contributed by atoms with Crippen molar-refractivity contribution in [1.29, 1.82) is 0 Å². The van der Waals surface area contributed by atoms with E-state index in [0.717, 1.165) is 9.48 Å². The number of hydrogen-bond donors (Lipinski definition) is 1. The fourth-order valence-corrected chi connectivity index (χ4v) is 4.21. The van der Waals surface area contributed by atoms with Crippen molar-refractivity contribution in [3.8, 4) is 5.75 Å².